The van der Waals surface area contributed by atoms with E-state index in [1.165, 1.54) is 54.4 Å². The Balaban J connectivity index is 1.34. The molecule has 226 valence electrons. The molecule has 7 aromatic carbocycles. The van der Waals surface area contributed by atoms with Gasteiger partial charge in [-0.1, -0.05) is 127 Å². The fraction of sp³-hybridized carbons (Fsp3) is 0.0227. The molecule has 1 aliphatic heterocycles. The molecular weight excluding hydrogens is 585 g/mol. The molecule has 4 nitrogen and oxygen atoms in total. The maximum Gasteiger partial charge on any atom is 0.135 e. The van der Waals surface area contributed by atoms with Gasteiger partial charge in [-0.05, 0) is 52.7 Å². The van der Waals surface area contributed by atoms with E-state index in [1.54, 1.807) is 0 Å². The molecule has 1 atom stereocenters. The molecule has 48 heavy (non-hydrogen) atoms. The lowest BCUT2D eigenvalue weighted by Gasteiger charge is -2.30. The van der Waals surface area contributed by atoms with Gasteiger partial charge in [-0.15, -0.1) is 0 Å². The summed E-state index contributed by atoms with van der Waals surface area (Å²) in [6, 6.07) is 58.7. The number of hydrogen-bond donors (Lipinski definition) is 1. The van der Waals surface area contributed by atoms with Gasteiger partial charge in [0.2, 0.25) is 0 Å². The SMILES string of the molecule is C1=C(c2ccccc2)C(n2c3cc4c5ccccc5n(-c5ccccc5)c4cc3c3c4ccccc4ccc32)NC(c2ccccc2)=N1. The lowest BCUT2D eigenvalue weighted by atomic mass is 10.0. The van der Waals surface area contributed by atoms with Crippen molar-refractivity contribution in [1.82, 2.24) is 14.5 Å². The zero-order valence-electron chi connectivity index (χ0n) is 26.1. The Morgan fingerprint density at radius 3 is 1.92 bits per heavy atom. The van der Waals surface area contributed by atoms with Crippen molar-refractivity contribution in [3.8, 4) is 5.69 Å². The van der Waals surface area contributed by atoms with Crippen molar-refractivity contribution in [2.45, 2.75) is 6.17 Å². The highest BCUT2D eigenvalue weighted by molar-refractivity contribution is 6.25. The van der Waals surface area contributed by atoms with E-state index in [2.05, 4.69) is 178 Å². The molecule has 3 heterocycles. The minimum atomic E-state index is -0.207. The highest BCUT2D eigenvalue weighted by Crippen LogP contribution is 2.43. The Morgan fingerprint density at radius 1 is 0.479 bits per heavy atom. The Bertz CT molecular complexity index is 2730. The molecule has 0 radical (unpaired) electrons. The van der Waals surface area contributed by atoms with Crippen LogP contribution < -0.4 is 5.32 Å². The van der Waals surface area contributed by atoms with Gasteiger partial charge in [-0.3, -0.25) is 0 Å². The molecule has 0 saturated heterocycles. The lowest BCUT2D eigenvalue weighted by Crippen LogP contribution is -2.35. The number of fused-ring (bicyclic) bond motifs is 8. The third kappa shape index (κ3) is 3.99. The molecule has 0 fully saturated rings. The smallest absolute Gasteiger partial charge is 0.135 e. The maximum absolute atomic E-state index is 4.98. The number of aliphatic imine (C=N–C) groups is 1. The van der Waals surface area contributed by atoms with E-state index in [-0.39, 0.29) is 6.17 Å². The van der Waals surface area contributed by atoms with Crippen molar-refractivity contribution < 1.29 is 0 Å². The summed E-state index contributed by atoms with van der Waals surface area (Å²) in [6.07, 6.45) is 1.85. The summed E-state index contributed by atoms with van der Waals surface area (Å²) in [5.74, 6) is 0.859. The van der Waals surface area contributed by atoms with E-state index in [1.807, 2.05) is 6.07 Å². The van der Waals surface area contributed by atoms with Gasteiger partial charge in [0, 0.05) is 44.6 Å². The number of nitrogens with zero attached hydrogens (tertiary/aromatic N) is 3. The molecule has 0 bridgehead atoms. The van der Waals surface area contributed by atoms with E-state index in [0.29, 0.717) is 0 Å². The van der Waals surface area contributed by atoms with Crippen LogP contribution in [0, 0.1) is 0 Å². The first kappa shape index (κ1) is 26.8. The summed E-state index contributed by atoms with van der Waals surface area (Å²) in [7, 11) is 0. The molecule has 0 aliphatic carbocycles. The van der Waals surface area contributed by atoms with Gasteiger partial charge in [0.1, 0.15) is 12.0 Å². The predicted octanol–water partition coefficient (Wildman–Crippen LogP) is 10.6. The average molecular weight is 615 g/mol. The number of rotatable bonds is 4. The third-order valence-electron chi connectivity index (χ3n) is 9.81. The Hall–Kier alpha value is -6.39. The standard InChI is InChI=1S/C44H30N4/c1-4-14-29(15-5-1)37-28-45-43(31-17-6-2-7-18-31)46-44(37)48-39-25-24-30-16-10-11-21-33(30)42(39)36-27-40-35(26-41(36)48)34-22-12-13-23-38(34)47(40)32-19-8-3-9-20-32/h1-28,44H,(H,45,46). The van der Waals surface area contributed by atoms with Crippen LogP contribution in [-0.2, 0) is 0 Å². The molecule has 1 aliphatic rings. The molecule has 2 aromatic heterocycles. The molecule has 1 N–H and O–H groups in total. The number of aromatic nitrogens is 2. The zero-order valence-corrected chi connectivity index (χ0v) is 26.1. The van der Waals surface area contributed by atoms with Crippen LogP contribution in [-0.4, -0.2) is 15.0 Å². The topological polar surface area (TPSA) is 34.2 Å². The monoisotopic (exact) mass is 614 g/mol. The summed E-state index contributed by atoms with van der Waals surface area (Å²) in [5.41, 5.74) is 9.24. The van der Waals surface area contributed by atoms with Crippen molar-refractivity contribution in [2.24, 2.45) is 4.99 Å². The molecular formula is C44H30N4. The quantitative estimate of drug-likeness (QED) is 0.210. The Kier molecular flexibility index (Phi) is 5.90. The molecule has 0 spiro atoms. The molecule has 1 unspecified atom stereocenters. The van der Waals surface area contributed by atoms with Gasteiger partial charge in [-0.2, -0.15) is 0 Å². The van der Waals surface area contributed by atoms with Crippen molar-refractivity contribution in [2.75, 3.05) is 0 Å². The van der Waals surface area contributed by atoms with Crippen LogP contribution in [0.1, 0.15) is 17.3 Å². The van der Waals surface area contributed by atoms with E-state index in [0.717, 1.165) is 28.2 Å². The first-order chi connectivity index (χ1) is 23.8. The highest BCUT2D eigenvalue weighted by atomic mass is 15.2. The van der Waals surface area contributed by atoms with Gasteiger partial charge in [0.15, 0.2) is 0 Å². The Labute approximate surface area is 277 Å². The van der Waals surface area contributed by atoms with E-state index < -0.39 is 0 Å². The van der Waals surface area contributed by atoms with Crippen LogP contribution in [0.3, 0.4) is 0 Å². The fourth-order valence-corrected chi connectivity index (χ4v) is 7.68. The van der Waals surface area contributed by atoms with Crippen molar-refractivity contribution in [3.05, 3.63) is 181 Å². The minimum absolute atomic E-state index is 0.207. The molecule has 9 aromatic rings. The van der Waals surface area contributed by atoms with Crippen molar-refractivity contribution in [3.63, 3.8) is 0 Å². The van der Waals surface area contributed by atoms with Crippen LogP contribution in [0.2, 0.25) is 0 Å². The van der Waals surface area contributed by atoms with Gasteiger partial charge in [0.05, 0.1) is 22.1 Å². The van der Waals surface area contributed by atoms with Crippen molar-refractivity contribution >= 4 is 65.8 Å². The summed E-state index contributed by atoms with van der Waals surface area (Å²) in [4.78, 5) is 4.98. The second-order valence-corrected chi connectivity index (χ2v) is 12.5. The lowest BCUT2D eigenvalue weighted by molar-refractivity contribution is 0.615. The second-order valence-electron chi connectivity index (χ2n) is 12.5. The van der Waals surface area contributed by atoms with Gasteiger partial charge < -0.3 is 14.5 Å². The molecule has 0 amide bonds. The normalized spacial score (nSPS) is 14.9. The van der Waals surface area contributed by atoms with Crippen LogP contribution >= 0.6 is 0 Å². The second kappa shape index (κ2) is 10.6. The maximum atomic E-state index is 4.98. The van der Waals surface area contributed by atoms with Crippen LogP contribution in [0.15, 0.2) is 175 Å². The summed E-state index contributed by atoms with van der Waals surface area (Å²) in [5, 5.41) is 11.3. The van der Waals surface area contributed by atoms with Gasteiger partial charge >= 0.3 is 0 Å². The first-order valence-electron chi connectivity index (χ1n) is 16.4. The van der Waals surface area contributed by atoms with Gasteiger partial charge in [0.25, 0.3) is 0 Å². The molecule has 4 heteroatoms. The van der Waals surface area contributed by atoms with Gasteiger partial charge in [-0.25, -0.2) is 4.99 Å². The largest absolute Gasteiger partial charge is 0.345 e. The number of amidine groups is 1. The number of para-hydroxylation sites is 2. The van der Waals surface area contributed by atoms with Crippen LogP contribution in [0.25, 0.3) is 65.6 Å². The Morgan fingerprint density at radius 2 is 1.12 bits per heavy atom. The number of nitrogens with one attached hydrogen (secondary N) is 1. The van der Waals surface area contributed by atoms with E-state index in [9.17, 15) is 0 Å². The highest BCUT2D eigenvalue weighted by Gasteiger charge is 2.28. The molecule has 10 rings (SSSR count). The van der Waals surface area contributed by atoms with E-state index >= 15 is 0 Å². The number of benzene rings is 7. The summed E-state index contributed by atoms with van der Waals surface area (Å²) in [6.45, 7) is 0. The van der Waals surface area contributed by atoms with Crippen molar-refractivity contribution in [1.29, 1.82) is 0 Å². The number of hydrogen-bond acceptors (Lipinski definition) is 2. The average Bonchev–Trinajstić information content (AvgIpc) is 3.67. The zero-order chi connectivity index (χ0) is 31.6. The van der Waals surface area contributed by atoms with Crippen LogP contribution in [0.4, 0.5) is 0 Å². The minimum Gasteiger partial charge on any atom is -0.345 e. The summed E-state index contributed by atoms with van der Waals surface area (Å²) < 4.78 is 4.91. The van der Waals surface area contributed by atoms with E-state index in [4.69, 9.17) is 4.99 Å². The summed E-state index contributed by atoms with van der Waals surface area (Å²) >= 11 is 0. The third-order valence-corrected chi connectivity index (χ3v) is 9.81. The first-order valence-corrected chi connectivity index (χ1v) is 16.4. The van der Waals surface area contributed by atoms with Crippen LogP contribution in [0.5, 0.6) is 0 Å². The predicted molar refractivity (Wildman–Crippen MR) is 201 cm³/mol. The molecule has 0 saturated carbocycles. The fourth-order valence-electron chi connectivity index (χ4n) is 7.68.